The summed E-state index contributed by atoms with van der Waals surface area (Å²) < 4.78 is 6.73. The molecule has 29 heavy (non-hydrogen) atoms. The Morgan fingerprint density at radius 2 is 1.59 bits per heavy atom. The molecule has 0 unspecified atom stereocenters. The van der Waals surface area contributed by atoms with Gasteiger partial charge in [0, 0.05) is 34.6 Å². The zero-order valence-corrected chi connectivity index (χ0v) is 16.5. The Kier molecular flexibility index (Phi) is 5.40. The van der Waals surface area contributed by atoms with Crippen LogP contribution in [0.2, 0.25) is 5.02 Å². The van der Waals surface area contributed by atoms with E-state index in [-0.39, 0.29) is 5.56 Å². The smallest absolute Gasteiger partial charge is 0.267 e. The molecule has 0 fully saturated rings. The second-order valence-electron chi connectivity index (χ2n) is 6.49. The first-order valence-electron chi connectivity index (χ1n) is 9.05. The Bertz CT molecular complexity index is 1170. The van der Waals surface area contributed by atoms with Gasteiger partial charge in [0.1, 0.15) is 5.75 Å². The Labute approximate surface area is 173 Å². The molecule has 0 atom stereocenters. The second-order valence-corrected chi connectivity index (χ2v) is 6.93. The number of benzene rings is 2. The maximum absolute atomic E-state index is 12.8. The van der Waals surface area contributed by atoms with Gasteiger partial charge in [-0.1, -0.05) is 23.7 Å². The molecular formula is C23H18ClN3O2. The molecule has 0 saturated heterocycles. The lowest BCUT2D eigenvalue weighted by molar-refractivity contribution is 0.415. The topological polar surface area (TPSA) is 57.0 Å². The van der Waals surface area contributed by atoms with Crippen LogP contribution in [-0.2, 0) is 6.54 Å². The van der Waals surface area contributed by atoms with Crippen LogP contribution in [0.5, 0.6) is 5.75 Å². The molecule has 144 valence electrons. The van der Waals surface area contributed by atoms with E-state index < -0.39 is 0 Å². The van der Waals surface area contributed by atoms with E-state index in [1.165, 1.54) is 4.68 Å². The summed E-state index contributed by atoms with van der Waals surface area (Å²) in [6.45, 7) is 0.366. The summed E-state index contributed by atoms with van der Waals surface area (Å²) in [5.41, 5.74) is 4.00. The van der Waals surface area contributed by atoms with Gasteiger partial charge in [-0.2, -0.15) is 5.10 Å². The molecule has 0 saturated carbocycles. The average Bonchev–Trinajstić information content (AvgIpc) is 2.76. The van der Waals surface area contributed by atoms with Crippen molar-refractivity contribution in [3.05, 3.63) is 100 Å². The predicted molar refractivity (Wildman–Crippen MR) is 114 cm³/mol. The third-order valence-electron chi connectivity index (χ3n) is 4.60. The van der Waals surface area contributed by atoms with Gasteiger partial charge in [-0.15, -0.1) is 0 Å². The van der Waals surface area contributed by atoms with Crippen molar-refractivity contribution < 1.29 is 4.74 Å². The minimum atomic E-state index is -0.177. The van der Waals surface area contributed by atoms with Crippen LogP contribution in [0.4, 0.5) is 0 Å². The maximum atomic E-state index is 12.8. The monoisotopic (exact) mass is 403 g/mol. The number of methoxy groups -OCH3 is 1. The second kappa shape index (κ2) is 8.29. The normalized spacial score (nSPS) is 10.7. The number of aromatic nitrogens is 3. The molecular weight excluding hydrogens is 386 g/mol. The van der Waals surface area contributed by atoms with Crippen LogP contribution in [0, 0.1) is 0 Å². The van der Waals surface area contributed by atoms with E-state index in [0.717, 1.165) is 28.0 Å². The molecule has 6 heteroatoms. The van der Waals surface area contributed by atoms with Gasteiger partial charge >= 0.3 is 0 Å². The number of halogens is 1. The maximum Gasteiger partial charge on any atom is 0.267 e. The summed E-state index contributed by atoms with van der Waals surface area (Å²) >= 11 is 6.04. The lowest BCUT2D eigenvalue weighted by Crippen LogP contribution is -2.23. The van der Waals surface area contributed by atoms with Gasteiger partial charge in [0.25, 0.3) is 5.56 Å². The molecule has 0 N–H and O–H groups in total. The van der Waals surface area contributed by atoms with E-state index in [0.29, 0.717) is 17.3 Å². The van der Waals surface area contributed by atoms with Gasteiger partial charge in [0.05, 0.1) is 19.3 Å². The highest BCUT2D eigenvalue weighted by atomic mass is 35.5. The molecule has 0 aliphatic heterocycles. The van der Waals surface area contributed by atoms with Crippen molar-refractivity contribution in [3.8, 4) is 28.1 Å². The third kappa shape index (κ3) is 4.20. The van der Waals surface area contributed by atoms with Crippen LogP contribution in [0.15, 0.2) is 83.9 Å². The van der Waals surface area contributed by atoms with Crippen molar-refractivity contribution in [2.24, 2.45) is 0 Å². The largest absolute Gasteiger partial charge is 0.497 e. The Morgan fingerprint density at radius 3 is 2.24 bits per heavy atom. The van der Waals surface area contributed by atoms with E-state index in [1.807, 2.05) is 48.5 Å². The number of pyridine rings is 1. The lowest BCUT2D eigenvalue weighted by Gasteiger charge is -2.13. The molecule has 0 aliphatic rings. The summed E-state index contributed by atoms with van der Waals surface area (Å²) in [5.74, 6) is 0.756. The van der Waals surface area contributed by atoms with Gasteiger partial charge in [0.2, 0.25) is 0 Å². The average molecular weight is 404 g/mol. The first-order chi connectivity index (χ1) is 14.1. The number of hydrogen-bond donors (Lipinski definition) is 0. The summed E-state index contributed by atoms with van der Waals surface area (Å²) in [6.07, 6.45) is 3.40. The zero-order valence-electron chi connectivity index (χ0n) is 15.7. The number of nitrogens with zero attached hydrogens (tertiary/aromatic N) is 3. The van der Waals surface area contributed by atoms with Crippen LogP contribution in [-0.4, -0.2) is 21.9 Å². The molecule has 0 spiro atoms. The third-order valence-corrected chi connectivity index (χ3v) is 4.85. The molecule has 2 heterocycles. The molecule has 2 aromatic heterocycles. The molecule has 5 nitrogen and oxygen atoms in total. The summed E-state index contributed by atoms with van der Waals surface area (Å²) in [7, 11) is 1.63. The van der Waals surface area contributed by atoms with Crippen molar-refractivity contribution >= 4 is 11.6 Å². The number of rotatable bonds is 5. The van der Waals surface area contributed by atoms with Gasteiger partial charge in [-0.25, -0.2) is 4.68 Å². The van der Waals surface area contributed by atoms with Gasteiger partial charge in [-0.3, -0.25) is 9.78 Å². The fourth-order valence-corrected chi connectivity index (χ4v) is 3.20. The zero-order chi connectivity index (χ0) is 20.2. The van der Waals surface area contributed by atoms with Gasteiger partial charge in [0.15, 0.2) is 0 Å². The van der Waals surface area contributed by atoms with Crippen LogP contribution in [0.3, 0.4) is 0 Å². The van der Waals surface area contributed by atoms with Crippen molar-refractivity contribution in [2.45, 2.75) is 6.54 Å². The van der Waals surface area contributed by atoms with E-state index in [1.54, 1.807) is 37.7 Å². The summed E-state index contributed by atoms with van der Waals surface area (Å²) in [4.78, 5) is 16.8. The van der Waals surface area contributed by atoms with Crippen LogP contribution in [0.1, 0.15) is 5.56 Å². The fourth-order valence-electron chi connectivity index (χ4n) is 3.08. The molecule has 4 aromatic rings. The highest BCUT2D eigenvalue weighted by Gasteiger charge is 2.14. The minimum Gasteiger partial charge on any atom is -0.497 e. The van der Waals surface area contributed by atoms with Gasteiger partial charge < -0.3 is 4.74 Å². The van der Waals surface area contributed by atoms with Crippen LogP contribution >= 0.6 is 11.6 Å². The van der Waals surface area contributed by atoms with Crippen molar-refractivity contribution in [1.29, 1.82) is 0 Å². The first kappa shape index (κ1) is 18.9. The highest BCUT2D eigenvalue weighted by molar-refractivity contribution is 6.30. The van der Waals surface area contributed by atoms with E-state index >= 15 is 0 Å². The van der Waals surface area contributed by atoms with Gasteiger partial charge in [-0.05, 0) is 59.7 Å². The fraction of sp³-hybridized carbons (Fsp3) is 0.0870. The molecule has 0 bridgehead atoms. The van der Waals surface area contributed by atoms with Crippen molar-refractivity contribution in [1.82, 2.24) is 14.8 Å². The Balaban J connectivity index is 1.86. The van der Waals surface area contributed by atoms with Crippen LogP contribution < -0.4 is 10.3 Å². The first-order valence-corrected chi connectivity index (χ1v) is 9.43. The molecule has 0 amide bonds. The Morgan fingerprint density at radius 1 is 0.931 bits per heavy atom. The molecule has 4 rings (SSSR count). The molecule has 0 aliphatic carbocycles. The standard InChI is InChI=1S/C23H18ClN3O2/c1-29-20-8-4-18(5-9-20)23-21(17-2-6-19(24)7-3-17)14-22(28)27(26-23)15-16-10-12-25-13-11-16/h2-14H,15H2,1H3. The lowest BCUT2D eigenvalue weighted by atomic mass is 10.00. The quantitative estimate of drug-likeness (QED) is 0.485. The van der Waals surface area contributed by atoms with E-state index in [4.69, 9.17) is 21.4 Å². The Hall–Kier alpha value is -3.44. The molecule has 2 aromatic carbocycles. The SMILES string of the molecule is COc1ccc(-c2nn(Cc3ccncc3)c(=O)cc2-c2ccc(Cl)cc2)cc1. The van der Waals surface area contributed by atoms with Crippen LogP contribution in [0.25, 0.3) is 22.4 Å². The van der Waals surface area contributed by atoms with Crippen molar-refractivity contribution in [3.63, 3.8) is 0 Å². The molecule has 0 radical (unpaired) electrons. The summed E-state index contributed by atoms with van der Waals surface area (Å²) in [5, 5.41) is 5.34. The number of ether oxygens (including phenoxy) is 1. The van der Waals surface area contributed by atoms with E-state index in [9.17, 15) is 4.79 Å². The van der Waals surface area contributed by atoms with Crippen molar-refractivity contribution in [2.75, 3.05) is 7.11 Å². The predicted octanol–water partition coefficient (Wildman–Crippen LogP) is 4.68. The van der Waals surface area contributed by atoms with E-state index in [2.05, 4.69) is 4.98 Å². The number of hydrogen-bond acceptors (Lipinski definition) is 4. The minimum absolute atomic E-state index is 0.177. The highest BCUT2D eigenvalue weighted by Crippen LogP contribution is 2.31. The summed E-state index contributed by atoms with van der Waals surface area (Å²) in [6, 6.07) is 20.4.